The quantitative estimate of drug-likeness (QED) is 0.907. The lowest BCUT2D eigenvalue weighted by Crippen LogP contribution is -2.61. The molecule has 0 spiro atoms. The molecule has 1 aromatic rings. The molecule has 0 aliphatic carbocycles. The van der Waals surface area contributed by atoms with Gasteiger partial charge >= 0.3 is 0 Å². The zero-order chi connectivity index (χ0) is 15.4. The number of nitrogens with zero attached hydrogens (tertiary/aromatic N) is 1. The number of hydrogen-bond acceptors (Lipinski definition) is 3. The van der Waals surface area contributed by atoms with Gasteiger partial charge in [0, 0.05) is 11.8 Å². The highest BCUT2D eigenvalue weighted by Gasteiger charge is 2.41. The van der Waals surface area contributed by atoms with Crippen molar-refractivity contribution in [3.63, 3.8) is 0 Å². The summed E-state index contributed by atoms with van der Waals surface area (Å²) in [6, 6.07) is 8.56. The Hall–Kier alpha value is -1.49. The molecule has 3 unspecified atom stereocenters. The Labute approximate surface area is 130 Å². The Bertz CT molecular complexity index is 506. The molecule has 5 heteroatoms. The van der Waals surface area contributed by atoms with Crippen LogP contribution in [-0.4, -0.2) is 40.3 Å². The first kappa shape index (κ1) is 15.9. The fraction of sp³-hybridized carbons (Fsp3) is 0.500. The summed E-state index contributed by atoms with van der Waals surface area (Å²) in [4.78, 5) is 26.7. The third kappa shape index (κ3) is 3.40. The maximum atomic E-state index is 12.6. The number of nitrogens with one attached hydrogen (secondary N) is 1. The van der Waals surface area contributed by atoms with Crippen molar-refractivity contribution in [2.45, 2.75) is 38.9 Å². The van der Waals surface area contributed by atoms with Gasteiger partial charge in [-0.25, -0.2) is 0 Å². The number of hydrogen-bond donors (Lipinski definition) is 1. The number of carbonyl (C=O) groups excluding carboxylic acids is 2. The summed E-state index contributed by atoms with van der Waals surface area (Å²) < 4.78 is 0. The second-order valence-corrected chi connectivity index (χ2v) is 6.62. The van der Waals surface area contributed by atoms with Crippen molar-refractivity contribution in [3.8, 4) is 0 Å². The number of piperazine rings is 1. The highest BCUT2D eigenvalue weighted by Crippen LogP contribution is 2.28. The molecule has 1 aromatic carbocycles. The Morgan fingerprint density at radius 1 is 1.29 bits per heavy atom. The van der Waals surface area contributed by atoms with E-state index >= 15 is 0 Å². The summed E-state index contributed by atoms with van der Waals surface area (Å²) in [7, 11) is 0. The fourth-order valence-corrected chi connectivity index (χ4v) is 3.36. The van der Waals surface area contributed by atoms with Crippen LogP contribution in [0.4, 0.5) is 0 Å². The summed E-state index contributed by atoms with van der Waals surface area (Å²) in [5.41, 5.74) is 0.864. The molecule has 0 saturated carbocycles. The molecule has 0 aromatic heterocycles. The van der Waals surface area contributed by atoms with Crippen LogP contribution < -0.4 is 5.32 Å². The highest BCUT2D eigenvalue weighted by molar-refractivity contribution is 7.99. The lowest BCUT2D eigenvalue weighted by molar-refractivity contribution is -0.151. The summed E-state index contributed by atoms with van der Waals surface area (Å²) in [5.74, 6) is 1.74. The van der Waals surface area contributed by atoms with Gasteiger partial charge in [0.15, 0.2) is 0 Å². The first-order valence-corrected chi connectivity index (χ1v) is 8.47. The van der Waals surface area contributed by atoms with Crippen molar-refractivity contribution in [2.75, 3.05) is 11.5 Å². The number of thioether (sulfide) groups is 1. The van der Waals surface area contributed by atoms with Crippen LogP contribution in [-0.2, 0) is 9.59 Å². The van der Waals surface area contributed by atoms with Gasteiger partial charge in [-0.1, -0.05) is 37.3 Å². The minimum Gasteiger partial charge on any atom is -0.342 e. The van der Waals surface area contributed by atoms with Crippen LogP contribution in [0.5, 0.6) is 0 Å². The fourth-order valence-electron chi connectivity index (χ4n) is 2.62. The molecule has 1 fully saturated rings. The Kier molecular flexibility index (Phi) is 5.28. The molecule has 114 valence electrons. The molecular formula is C16H22N2O2S. The van der Waals surface area contributed by atoms with E-state index in [2.05, 4.69) is 12.2 Å². The topological polar surface area (TPSA) is 49.4 Å². The van der Waals surface area contributed by atoms with Gasteiger partial charge in [-0.3, -0.25) is 9.59 Å². The van der Waals surface area contributed by atoms with Gasteiger partial charge in [-0.2, -0.15) is 11.8 Å². The van der Waals surface area contributed by atoms with E-state index in [-0.39, 0.29) is 17.9 Å². The van der Waals surface area contributed by atoms with Crippen LogP contribution >= 0.6 is 11.8 Å². The second-order valence-electron chi connectivity index (χ2n) is 5.30. The van der Waals surface area contributed by atoms with E-state index in [0.29, 0.717) is 0 Å². The SMILES string of the molecule is CCSCC(C)N1C(=O)C(C)NC(=O)C1c1ccccc1. The number of rotatable bonds is 5. The van der Waals surface area contributed by atoms with E-state index in [1.807, 2.05) is 37.3 Å². The molecule has 1 N–H and O–H groups in total. The van der Waals surface area contributed by atoms with Crippen molar-refractivity contribution in [3.05, 3.63) is 35.9 Å². The largest absolute Gasteiger partial charge is 0.342 e. The van der Waals surface area contributed by atoms with Gasteiger partial charge in [0.05, 0.1) is 0 Å². The standard InChI is InChI=1S/C16H22N2O2S/c1-4-21-10-11(2)18-14(13-8-6-5-7-9-13)15(19)17-12(3)16(18)20/h5-9,11-12,14H,4,10H2,1-3H3,(H,17,19). The average molecular weight is 306 g/mol. The van der Waals surface area contributed by atoms with Crippen molar-refractivity contribution in [2.24, 2.45) is 0 Å². The minimum atomic E-state index is -0.526. The number of amides is 2. The molecule has 0 bridgehead atoms. The predicted octanol–water partition coefficient (Wildman–Crippen LogP) is 2.22. The molecule has 3 atom stereocenters. The predicted molar refractivity (Wildman–Crippen MR) is 86.1 cm³/mol. The van der Waals surface area contributed by atoms with Crippen LogP contribution in [0.2, 0.25) is 0 Å². The van der Waals surface area contributed by atoms with Gasteiger partial charge in [0.25, 0.3) is 0 Å². The van der Waals surface area contributed by atoms with Gasteiger partial charge < -0.3 is 10.2 Å². The van der Waals surface area contributed by atoms with Crippen LogP contribution in [0.3, 0.4) is 0 Å². The third-order valence-electron chi connectivity index (χ3n) is 3.66. The van der Waals surface area contributed by atoms with E-state index in [4.69, 9.17) is 0 Å². The van der Waals surface area contributed by atoms with Crippen molar-refractivity contribution in [1.82, 2.24) is 10.2 Å². The average Bonchev–Trinajstić information content (AvgIpc) is 2.49. The van der Waals surface area contributed by atoms with E-state index < -0.39 is 12.1 Å². The van der Waals surface area contributed by atoms with Crippen molar-refractivity contribution >= 4 is 23.6 Å². The number of carbonyl (C=O) groups is 2. The highest BCUT2D eigenvalue weighted by atomic mass is 32.2. The first-order valence-electron chi connectivity index (χ1n) is 7.31. The normalized spacial score (nSPS) is 23.9. The zero-order valence-electron chi connectivity index (χ0n) is 12.7. The molecule has 1 aliphatic heterocycles. The lowest BCUT2D eigenvalue weighted by atomic mass is 9.98. The Morgan fingerprint density at radius 3 is 2.57 bits per heavy atom. The van der Waals surface area contributed by atoms with E-state index in [0.717, 1.165) is 17.1 Å². The minimum absolute atomic E-state index is 0.00680. The molecule has 4 nitrogen and oxygen atoms in total. The monoisotopic (exact) mass is 306 g/mol. The zero-order valence-corrected chi connectivity index (χ0v) is 13.5. The molecule has 2 amide bonds. The van der Waals surface area contributed by atoms with Gasteiger partial charge in [-0.15, -0.1) is 0 Å². The molecule has 1 saturated heterocycles. The van der Waals surface area contributed by atoms with E-state index in [1.165, 1.54) is 0 Å². The Balaban J connectivity index is 2.32. The molecule has 1 aliphatic rings. The second kappa shape index (κ2) is 6.98. The van der Waals surface area contributed by atoms with Crippen LogP contribution in [0, 0.1) is 0 Å². The summed E-state index contributed by atoms with van der Waals surface area (Å²) in [6.07, 6.45) is 0. The van der Waals surface area contributed by atoms with Crippen molar-refractivity contribution in [1.29, 1.82) is 0 Å². The summed E-state index contributed by atoms with van der Waals surface area (Å²) in [6.45, 7) is 5.86. The van der Waals surface area contributed by atoms with Gasteiger partial charge in [0.2, 0.25) is 11.8 Å². The van der Waals surface area contributed by atoms with Gasteiger partial charge in [-0.05, 0) is 25.2 Å². The summed E-state index contributed by atoms with van der Waals surface area (Å²) >= 11 is 1.79. The molecule has 0 radical (unpaired) electrons. The van der Waals surface area contributed by atoms with Crippen LogP contribution in [0.1, 0.15) is 32.4 Å². The molecule has 2 rings (SSSR count). The van der Waals surface area contributed by atoms with Crippen LogP contribution in [0.15, 0.2) is 30.3 Å². The van der Waals surface area contributed by atoms with Crippen molar-refractivity contribution < 1.29 is 9.59 Å². The smallest absolute Gasteiger partial charge is 0.248 e. The third-order valence-corrected chi connectivity index (χ3v) is 4.79. The molecule has 1 heterocycles. The van der Waals surface area contributed by atoms with E-state index in [9.17, 15) is 9.59 Å². The summed E-state index contributed by atoms with van der Waals surface area (Å²) in [5, 5.41) is 2.78. The molecule has 21 heavy (non-hydrogen) atoms. The molecular weight excluding hydrogens is 284 g/mol. The Morgan fingerprint density at radius 2 is 1.95 bits per heavy atom. The van der Waals surface area contributed by atoms with E-state index in [1.54, 1.807) is 23.6 Å². The van der Waals surface area contributed by atoms with Crippen LogP contribution in [0.25, 0.3) is 0 Å². The van der Waals surface area contributed by atoms with Gasteiger partial charge in [0.1, 0.15) is 12.1 Å². The lowest BCUT2D eigenvalue weighted by Gasteiger charge is -2.41. The maximum absolute atomic E-state index is 12.6. The number of benzene rings is 1. The first-order chi connectivity index (χ1) is 10.1. The maximum Gasteiger partial charge on any atom is 0.248 e.